The first-order valence-electron chi connectivity index (χ1n) is 10.1. The molecule has 33 heavy (non-hydrogen) atoms. The maximum absolute atomic E-state index is 14.3. The zero-order valence-corrected chi connectivity index (χ0v) is 18.0. The number of ketones is 1. The number of benzene rings is 2. The normalized spacial score (nSPS) is 17.3. The molecule has 0 spiro atoms. The van der Waals surface area contributed by atoms with Crippen molar-refractivity contribution in [2.24, 2.45) is 0 Å². The molecule has 1 atom stereocenters. The van der Waals surface area contributed by atoms with Crippen LogP contribution < -0.4 is 9.47 Å². The summed E-state index contributed by atoms with van der Waals surface area (Å²) in [6.07, 6.45) is 3.18. The maximum atomic E-state index is 14.3. The van der Waals surface area contributed by atoms with E-state index in [9.17, 15) is 19.1 Å². The van der Waals surface area contributed by atoms with E-state index in [2.05, 4.69) is 4.98 Å². The molecule has 8 heteroatoms. The second kappa shape index (κ2) is 9.12. The third-order valence-corrected chi connectivity index (χ3v) is 5.48. The summed E-state index contributed by atoms with van der Waals surface area (Å²) in [4.78, 5) is 31.5. The number of aliphatic hydroxyl groups is 1. The molecule has 1 amide bonds. The van der Waals surface area contributed by atoms with Crippen LogP contribution in [0, 0.1) is 5.82 Å². The van der Waals surface area contributed by atoms with Crippen LogP contribution in [0.4, 0.5) is 4.39 Å². The number of aromatic nitrogens is 1. The Hall–Kier alpha value is -4.20. The van der Waals surface area contributed by atoms with Crippen LogP contribution in [0.5, 0.6) is 11.5 Å². The summed E-state index contributed by atoms with van der Waals surface area (Å²) in [7, 11) is 2.83. The minimum Gasteiger partial charge on any atom is -0.507 e. The fourth-order valence-corrected chi connectivity index (χ4v) is 3.86. The van der Waals surface area contributed by atoms with Gasteiger partial charge in [-0.05, 0) is 53.6 Å². The molecule has 2 heterocycles. The van der Waals surface area contributed by atoms with E-state index in [1.165, 1.54) is 31.3 Å². The molecule has 1 aliphatic rings. The Kier molecular flexibility index (Phi) is 6.08. The van der Waals surface area contributed by atoms with Gasteiger partial charge in [0.15, 0.2) is 11.6 Å². The number of hydrogen-bond acceptors (Lipinski definition) is 6. The second-order valence-corrected chi connectivity index (χ2v) is 7.41. The minimum atomic E-state index is -0.904. The van der Waals surface area contributed by atoms with Gasteiger partial charge >= 0.3 is 0 Å². The van der Waals surface area contributed by atoms with Crippen LogP contribution in [0.25, 0.3) is 5.76 Å². The molecule has 3 aromatic rings. The number of likely N-dealkylation sites (tertiary alicyclic amines) is 1. The predicted molar refractivity (Wildman–Crippen MR) is 118 cm³/mol. The Balaban J connectivity index is 1.88. The van der Waals surface area contributed by atoms with Gasteiger partial charge in [-0.25, -0.2) is 4.39 Å². The molecule has 0 saturated carbocycles. The number of pyridine rings is 1. The van der Waals surface area contributed by atoms with E-state index in [-0.39, 0.29) is 23.4 Å². The number of amides is 1. The molecular weight excluding hydrogens is 427 g/mol. The Labute approximate surface area is 189 Å². The number of aliphatic hydroxyl groups excluding tert-OH is 1. The van der Waals surface area contributed by atoms with E-state index in [4.69, 9.17) is 9.47 Å². The van der Waals surface area contributed by atoms with Crippen LogP contribution in [0.1, 0.15) is 22.7 Å². The number of ether oxygens (including phenoxy) is 2. The summed E-state index contributed by atoms with van der Waals surface area (Å²) in [6.45, 7) is 0.114. The van der Waals surface area contributed by atoms with Gasteiger partial charge in [0, 0.05) is 24.5 Å². The van der Waals surface area contributed by atoms with Crippen LogP contribution in [0.15, 0.2) is 72.6 Å². The Morgan fingerprint density at radius 2 is 1.82 bits per heavy atom. The zero-order valence-electron chi connectivity index (χ0n) is 18.0. The first kappa shape index (κ1) is 22.0. The molecule has 0 aliphatic carbocycles. The van der Waals surface area contributed by atoms with Crippen LogP contribution in [-0.4, -0.2) is 40.9 Å². The average Bonchev–Trinajstić information content (AvgIpc) is 3.09. The molecular formula is C25H21FN2O5. The Bertz CT molecular complexity index is 1240. The largest absolute Gasteiger partial charge is 0.507 e. The molecule has 1 N–H and O–H groups in total. The number of hydrogen-bond donors (Lipinski definition) is 1. The van der Waals surface area contributed by atoms with Crippen molar-refractivity contribution in [3.8, 4) is 11.5 Å². The van der Waals surface area contributed by atoms with Crippen molar-refractivity contribution >= 4 is 17.4 Å². The van der Waals surface area contributed by atoms with Crippen molar-refractivity contribution in [2.45, 2.75) is 12.6 Å². The third-order valence-electron chi connectivity index (χ3n) is 5.48. The highest BCUT2D eigenvalue weighted by molar-refractivity contribution is 6.46. The maximum Gasteiger partial charge on any atom is 0.295 e. The second-order valence-electron chi connectivity index (χ2n) is 7.41. The van der Waals surface area contributed by atoms with Crippen molar-refractivity contribution < 1.29 is 28.6 Å². The highest BCUT2D eigenvalue weighted by atomic mass is 19.1. The summed E-state index contributed by atoms with van der Waals surface area (Å²) in [5.74, 6) is -2.28. The zero-order chi connectivity index (χ0) is 23.5. The first-order chi connectivity index (χ1) is 15.9. The van der Waals surface area contributed by atoms with Gasteiger partial charge in [-0.3, -0.25) is 14.6 Å². The van der Waals surface area contributed by atoms with Gasteiger partial charge in [0.25, 0.3) is 11.7 Å². The number of methoxy groups -OCH3 is 2. The lowest BCUT2D eigenvalue weighted by atomic mass is 9.95. The topological polar surface area (TPSA) is 89.0 Å². The summed E-state index contributed by atoms with van der Waals surface area (Å²) in [5.41, 5.74) is 1.25. The van der Waals surface area contributed by atoms with Gasteiger partial charge in [0.1, 0.15) is 11.5 Å². The van der Waals surface area contributed by atoms with Crippen LogP contribution in [0.2, 0.25) is 0 Å². The lowest BCUT2D eigenvalue weighted by Gasteiger charge is -2.25. The predicted octanol–water partition coefficient (Wildman–Crippen LogP) is 3.86. The Morgan fingerprint density at radius 1 is 1.06 bits per heavy atom. The molecule has 2 aromatic carbocycles. The molecule has 1 saturated heterocycles. The number of carbonyl (C=O) groups excluding carboxylic acids is 2. The highest BCUT2D eigenvalue weighted by Gasteiger charge is 2.46. The van der Waals surface area contributed by atoms with E-state index in [0.29, 0.717) is 11.3 Å². The number of Topliss-reactive ketones (excluding diaryl/α,β-unsaturated/α-hetero) is 1. The molecule has 0 bridgehead atoms. The molecule has 1 aliphatic heterocycles. The van der Waals surface area contributed by atoms with Gasteiger partial charge in [-0.2, -0.15) is 0 Å². The summed E-state index contributed by atoms with van der Waals surface area (Å²) in [5, 5.41) is 11.1. The lowest BCUT2D eigenvalue weighted by Crippen LogP contribution is -2.29. The van der Waals surface area contributed by atoms with Gasteiger partial charge < -0.3 is 19.5 Å². The van der Waals surface area contributed by atoms with Crippen LogP contribution in [0.3, 0.4) is 0 Å². The number of carbonyl (C=O) groups is 2. The van der Waals surface area contributed by atoms with E-state index in [1.807, 2.05) is 0 Å². The Morgan fingerprint density at radius 3 is 2.48 bits per heavy atom. The number of nitrogens with zero attached hydrogens (tertiary/aromatic N) is 2. The summed E-state index contributed by atoms with van der Waals surface area (Å²) >= 11 is 0. The van der Waals surface area contributed by atoms with E-state index >= 15 is 0 Å². The monoisotopic (exact) mass is 448 g/mol. The van der Waals surface area contributed by atoms with Gasteiger partial charge in [0.2, 0.25) is 0 Å². The van der Waals surface area contributed by atoms with Crippen LogP contribution in [-0.2, 0) is 16.1 Å². The van der Waals surface area contributed by atoms with E-state index in [1.54, 1.807) is 48.8 Å². The van der Waals surface area contributed by atoms with Crippen LogP contribution >= 0.6 is 0 Å². The van der Waals surface area contributed by atoms with Crippen molar-refractivity contribution in [3.63, 3.8) is 0 Å². The fourth-order valence-electron chi connectivity index (χ4n) is 3.86. The fraction of sp³-hybridized carbons (Fsp3) is 0.160. The first-order valence-corrected chi connectivity index (χ1v) is 10.1. The minimum absolute atomic E-state index is 0.00552. The van der Waals surface area contributed by atoms with Crippen molar-refractivity contribution in [3.05, 3.63) is 95.1 Å². The number of halogens is 1. The quantitative estimate of drug-likeness (QED) is 0.350. The van der Waals surface area contributed by atoms with Gasteiger partial charge in [-0.1, -0.05) is 12.1 Å². The molecule has 1 fully saturated rings. The van der Waals surface area contributed by atoms with Gasteiger partial charge in [0.05, 0.1) is 25.8 Å². The molecule has 4 rings (SSSR count). The smallest absolute Gasteiger partial charge is 0.295 e. The summed E-state index contributed by atoms with van der Waals surface area (Å²) in [6, 6.07) is 13.3. The average molecular weight is 448 g/mol. The molecule has 168 valence electrons. The number of rotatable bonds is 6. The van der Waals surface area contributed by atoms with Gasteiger partial charge in [-0.15, -0.1) is 0 Å². The van der Waals surface area contributed by atoms with Crippen molar-refractivity contribution in [2.75, 3.05) is 14.2 Å². The van der Waals surface area contributed by atoms with E-state index < -0.39 is 29.3 Å². The van der Waals surface area contributed by atoms with E-state index in [0.717, 1.165) is 11.6 Å². The SMILES string of the molecule is COc1cccc(C2/C(=C(/O)c3ccc(OC)c(F)c3)C(=O)C(=O)N2Cc2ccncc2)c1. The molecule has 1 aromatic heterocycles. The van der Waals surface area contributed by atoms with Crippen molar-refractivity contribution in [1.29, 1.82) is 0 Å². The standard InChI is InChI=1S/C25H21FN2O5/c1-32-18-5-3-4-16(12-18)22-21(23(29)17-6-7-20(33-2)19(26)13-17)24(30)25(31)28(22)14-15-8-10-27-11-9-15/h3-13,22,29H,14H2,1-2H3/b23-21-. The summed E-state index contributed by atoms with van der Waals surface area (Å²) < 4.78 is 24.5. The molecule has 0 radical (unpaired) electrons. The third kappa shape index (κ3) is 4.15. The molecule has 7 nitrogen and oxygen atoms in total. The molecule has 1 unspecified atom stereocenters. The van der Waals surface area contributed by atoms with Crippen molar-refractivity contribution in [1.82, 2.24) is 9.88 Å². The lowest BCUT2D eigenvalue weighted by molar-refractivity contribution is -0.140. The highest BCUT2D eigenvalue weighted by Crippen LogP contribution is 2.41.